The van der Waals surface area contributed by atoms with E-state index in [4.69, 9.17) is 0 Å². The second kappa shape index (κ2) is 11.6. The van der Waals surface area contributed by atoms with Crippen LogP contribution >= 0.6 is 11.8 Å². The molecule has 0 bridgehead atoms. The number of thioether (sulfide) groups is 1. The molecule has 2 aliphatic rings. The summed E-state index contributed by atoms with van der Waals surface area (Å²) < 4.78 is 0. The number of nitrogens with zero attached hydrogens (tertiary/aromatic N) is 2. The van der Waals surface area contributed by atoms with Gasteiger partial charge in [-0.1, -0.05) is 37.0 Å². The highest BCUT2D eigenvalue weighted by atomic mass is 32.2. The van der Waals surface area contributed by atoms with Gasteiger partial charge in [-0.15, -0.1) is 11.8 Å². The molecule has 1 aromatic carbocycles. The van der Waals surface area contributed by atoms with Gasteiger partial charge in [-0.25, -0.2) is 0 Å². The summed E-state index contributed by atoms with van der Waals surface area (Å²) in [5, 5.41) is 2.89. The van der Waals surface area contributed by atoms with Crippen LogP contribution in [0.3, 0.4) is 0 Å². The summed E-state index contributed by atoms with van der Waals surface area (Å²) in [6.07, 6.45) is 7.98. The second-order valence-corrected chi connectivity index (χ2v) is 9.43. The molecule has 1 aromatic rings. The summed E-state index contributed by atoms with van der Waals surface area (Å²) in [6, 6.07) is 7.76. The summed E-state index contributed by atoms with van der Waals surface area (Å²) in [7, 11) is 0. The van der Waals surface area contributed by atoms with Gasteiger partial charge in [-0.05, 0) is 50.8 Å². The van der Waals surface area contributed by atoms with Crippen molar-refractivity contribution in [2.45, 2.75) is 45.4 Å². The Bertz CT molecular complexity index is 659. The molecule has 2 amide bonds. The molecule has 0 spiro atoms. The fraction of sp³-hybridized carbons (Fsp3) is 0.652. The van der Waals surface area contributed by atoms with Gasteiger partial charge in [0.2, 0.25) is 11.8 Å². The smallest absolute Gasteiger partial charge is 0.234 e. The molecule has 29 heavy (non-hydrogen) atoms. The van der Waals surface area contributed by atoms with Gasteiger partial charge in [0, 0.05) is 31.9 Å². The predicted octanol–water partition coefficient (Wildman–Crippen LogP) is 3.78. The van der Waals surface area contributed by atoms with Crippen LogP contribution < -0.4 is 5.32 Å². The minimum absolute atomic E-state index is 0.0545. The number of hydrogen-bond acceptors (Lipinski definition) is 4. The number of amides is 2. The molecule has 1 N–H and O–H groups in total. The molecule has 0 unspecified atom stereocenters. The first-order chi connectivity index (χ1) is 14.1. The van der Waals surface area contributed by atoms with Crippen molar-refractivity contribution in [2.24, 2.45) is 5.92 Å². The Kier molecular flexibility index (Phi) is 8.87. The normalized spacial score (nSPS) is 19.0. The SMILES string of the molecule is Cc1ccc(NC(=O)CSCC(=O)N2CCCN(CC3CCCCC3)CC2)cc1. The van der Waals surface area contributed by atoms with E-state index < -0.39 is 0 Å². The number of rotatable bonds is 7. The van der Waals surface area contributed by atoms with Crippen molar-refractivity contribution >= 4 is 29.3 Å². The lowest BCUT2D eigenvalue weighted by molar-refractivity contribution is -0.128. The molecule has 1 heterocycles. The first-order valence-corrected chi connectivity index (χ1v) is 12.2. The largest absolute Gasteiger partial charge is 0.341 e. The second-order valence-electron chi connectivity index (χ2n) is 8.45. The van der Waals surface area contributed by atoms with E-state index >= 15 is 0 Å². The molecular formula is C23H35N3O2S. The zero-order valence-corrected chi connectivity index (χ0v) is 18.5. The number of hydrogen-bond donors (Lipinski definition) is 1. The van der Waals surface area contributed by atoms with E-state index in [1.165, 1.54) is 50.4 Å². The summed E-state index contributed by atoms with van der Waals surface area (Å²) >= 11 is 1.40. The third-order valence-electron chi connectivity index (χ3n) is 5.98. The van der Waals surface area contributed by atoms with Crippen molar-refractivity contribution in [1.82, 2.24) is 9.80 Å². The van der Waals surface area contributed by atoms with Crippen molar-refractivity contribution in [2.75, 3.05) is 49.5 Å². The maximum atomic E-state index is 12.6. The van der Waals surface area contributed by atoms with E-state index in [2.05, 4.69) is 10.2 Å². The number of anilines is 1. The van der Waals surface area contributed by atoms with Crippen LogP contribution in [0.2, 0.25) is 0 Å². The molecule has 1 aliphatic carbocycles. The molecule has 3 rings (SSSR count). The number of benzene rings is 1. The third kappa shape index (κ3) is 7.67. The number of carbonyl (C=O) groups excluding carboxylic acids is 2. The zero-order chi connectivity index (χ0) is 20.5. The fourth-order valence-corrected chi connectivity index (χ4v) is 5.01. The predicted molar refractivity (Wildman–Crippen MR) is 121 cm³/mol. The number of carbonyl (C=O) groups is 2. The van der Waals surface area contributed by atoms with Crippen LogP contribution in [0.1, 0.15) is 44.1 Å². The maximum Gasteiger partial charge on any atom is 0.234 e. The average Bonchev–Trinajstić information content (AvgIpc) is 2.96. The minimum atomic E-state index is -0.0545. The van der Waals surface area contributed by atoms with Gasteiger partial charge in [0.15, 0.2) is 0 Å². The number of nitrogens with one attached hydrogen (secondary N) is 1. The first kappa shape index (κ1) is 22.2. The Labute approximate surface area is 179 Å². The molecule has 0 aromatic heterocycles. The fourth-order valence-electron chi connectivity index (χ4n) is 4.29. The van der Waals surface area contributed by atoms with Gasteiger partial charge in [0.05, 0.1) is 11.5 Å². The van der Waals surface area contributed by atoms with Gasteiger partial charge >= 0.3 is 0 Å². The monoisotopic (exact) mass is 417 g/mol. The molecule has 1 saturated heterocycles. The van der Waals surface area contributed by atoms with E-state index in [0.717, 1.165) is 49.8 Å². The standard InChI is InChI=1S/C23H35N3O2S/c1-19-8-10-21(11-9-19)24-22(27)17-29-18-23(28)26-13-5-12-25(14-15-26)16-20-6-3-2-4-7-20/h8-11,20H,2-7,12-18H2,1H3,(H,24,27). The molecular weight excluding hydrogens is 382 g/mol. The lowest BCUT2D eigenvalue weighted by Gasteiger charge is -2.28. The maximum absolute atomic E-state index is 12.6. The summed E-state index contributed by atoms with van der Waals surface area (Å²) in [6.45, 7) is 6.98. The van der Waals surface area contributed by atoms with Gasteiger partial charge in [0.1, 0.15) is 0 Å². The molecule has 1 aliphatic heterocycles. The Morgan fingerprint density at radius 1 is 0.966 bits per heavy atom. The Morgan fingerprint density at radius 3 is 2.48 bits per heavy atom. The molecule has 2 fully saturated rings. The minimum Gasteiger partial charge on any atom is -0.341 e. The molecule has 0 radical (unpaired) electrons. The van der Waals surface area contributed by atoms with E-state index in [1.807, 2.05) is 36.1 Å². The van der Waals surface area contributed by atoms with Crippen molar-refractivity contribution in [1.29, 1.82) is 0 Å². The lowest BCUT2D eigenvalue weighted by atomic mass is 9.89. The lowest BCUT2D eigenvalue weighted by Crippen LogP contribution is -2.37. The van der Waals surface area contributed by atoms with Crippen molar-refractivity contribution in [3.63, 3.8) is 0 Å². The van der Waals surface area contributed by atoms with E-state index in [0.29, 0.717) is 11.5 Å². The van der Waals surface area contributed by atoms with E-state index in [-0.39, 0.29) is 11.8 Å². The van der Waals surface area contributed by atoms with Crippen LogP contribution in [-0.4, -0.2) is 65.8 Å². The van der Waals surface area contributed by atoms with Crippen LogP contribution in [0.25, 0.3) is 0 Å². The van der Waals surface area contributed by atoms with Gasteiger partial charge in [0.25, 0.3) is 0 Å². The highest BCUT2D eigenvalue weighted by molar-refractivity contribution is 8.00. The summed E-state index contributed by atoms with van der Waals surface area (Å²) in [4.78, 5) is 29.2. The Morgan fingerprint density at radius 2 is 1.72 bits per heavy atom. The number of aryl methyl sites for hydroxylation is 1. The first-order valence-electron chi connectivity index (χ1n) is 11.0. The van der Waals surface area contributed by atoms with Crippen molar-refractivity contribution in [3.8, 4) is 0 Å². The molecule has 160 valence electrons. The molecule has 1 saturated carbocycles. The Balaban J connectivity index is 1.33. The van der Waals surface area contributed by atoms with Gasteiger partial charge in [-0.3, -0.25) is 9.59 Å². The molecule has 5 nitrogen and oxygen atoms in total. The van der Waals surface area contributed by atoms with Crippen LogP contribution in [-0.2, 0) is 9.59 Å². The van der Waals surface area contributed by atoms with Crippen molar-refractivity contribution < 1.29 is 9.59 Å². The highest BCUT2D eigenvalue weighted by Gasteiger charge is 2.22. The van der Waals surface area contributed by atoms with Crippen molar-refractivity contribution in [3.05, 3.63) is 29.8 Å². The topological polar surface area (TPSA) is 52.7 Å². The summed E-state index contributed by atoms with van der Waals surface area (Å²) in [5.74, 6) is 1.65. The molecule has 6 heteroatoms. The van der Waals surface area contributed by atoms with Gasteiger partial charge < -0.3 is 15.1 Å². The van der Waals surface area contributed by atoms with E-state index in [9.17, 15) is 9.59 Å². The quantitative estimate of drug-likeness (QED) is 0.734. The van der Waals surface area contributed by atoms with Crippen LogP contribution in [0.5, 0.6) is 0 Å². The van der Waals surface area contributed by atoms with Crippen LogP contribution in [0.4, 0.5) is 5.69 Å². The van der Waals surface area contributed by atoms with Gasteiger partial charge in [-0.2, -0.15) is 0 Å². The third-order valence-corrected chi connectivity index (χ3v) is 6.89. The highest BCUT2D eigenvalue weighted by Crippen LogP contribution is 2.24. The zero-order valence-electron chi connectivity index (χ0n) is 17.7. The van der Waals surface area contributed by atoms with Crippen LogP contribution in [0, 0.1) is 12.8 Å². The average molecular weight is 418 g/mol. The summed E-state index contributed by atoms with van der Waals surface area (Å²) in [5.41, 5.74) is 1.97. The Hall–Kier alpha value is -1.53. The van der Waals surface area contributed by atoms with E-state index in [1.54, 1.807) is 0 Å². The van der Waals surface area contributed by atoms with Crippen LogP contribution in [0.15, 0.2) is 24.3 Å². The molecule has 0 atom stereocenters.